The molecule has 0 unspecified atom stereocenters. The second-order valence-electron chi connectivity index (χ2n) is 8.01. The van der Waals surface area contributed by atoms with E-state index in [1.165, 1.54) is 25.0 Å². The van der Waals surface area contributed by atoms with Crippen LogP contribution < -0.4 is 14.9 Å². The van der Waals surface area contributed by atoms with Crippen molar-refractivity contribution in [2.45, 2.75) is 36.6 Å². The molecular weight excluding hydrogens is 405 g/mol. The number of anilines is 1. The Kier molecular flexibility index (Phi) is 6.06. The first-order valence-electron chi connectivity index (χ1n) is 10.3. The van der Waals surface area contributed by atoms with E-state index in [9.17, 15) is 17.6 Å². The molecule has 0 aromatic heterocycles. The molecule has 2 aliphatic rings. The van der Waals surface area contributed by atoms with E-state index in [0.717, 1.165) is 24.4 Å². The van der Waals surface area contributed by atoms with E-state index in [1.54, 1.807) is 0 Å². The predicted octanol–water partition coefficient (Wildman–Crippen LogP) is 2.91. The molecule has 0 atom stereocenters. The van der Waals surface area contributed by atoms with E-state index in [4.69, 9.17) is 0 Å². The molecule has 1 aliphatic carbocycles. The van der Waals surface area contributed by atoms with Gasteiger partial charge in [-0.1, -0.05) is 12.1 Å². The lowest BCUT2D eigenvalue weighted by Gasteiger charge is -2.34. The van der Waals surface area contributed by atoms with Crippen molar-refractivity contribution in [3.05, 3.63) is 59.9 Å². The van der Waals surface area contributed by atoms with Gasteiger partial charge in [0.15, 0.2) is 0 Å². The second-order valence-corrected chi connectivity index (χ2v) is 9.72. The van der Waals surface area contributed by atoms with Crippen molar-refractivity contribution in [3.63, 3.8) is 0 Å². The molecule has 8 heteroatoms. The summed E-state index contributed by atoms with van der Waals surface area (Å²) in [5, 5.41) is 3.02. The highest BCUT2D eigenvalue weighted by atomic mass is 32.2. The van der Waals surface area contributed by atoms with Gasteiger partial charge in [0.2, 0.25) is 10.0 Å². The first-order valence-corrected chi connectivity index (χ1v) is 11.8. The van der Waals surface area contributed by atoms with Crippen molar-refractivity contribution in [1.29, 1.82) is 0 Å². The zero-order valence-corrected chi connectivity index (χ0v) is 17.5. The number of piperidine rings is 1. The summed E-state index contributed by atoms with van der Waals surface area (Å²) in [4.78, 5) is 14.8. The number of nitrogens with one attached hydrogen (secondary N) is 2. The molecule has 0 radical (unpaired) electrons. The topological polar surface area (TPSA) is 78.5 Å². The molecule has 2 aromatic carbocycles. The molecule has 6 nitrogen and oxygen atoms in total. The van der Waals surface area contributed by atoms with Crippen molar-refractivity contribution in [2.24, 2.45) is 5.92 Å². The third kappa shape index (κ3) is 4.99. The highest BCUT2D eigenvalue weighted by Gasteiger charge is 2.27. The molecule has 1 saturated heterocycles. The predicted molar refractivity (Wildman–Crippen MR) is 113 cm³/mol. The van der Waals surface area contributed by atoms with Gasteiger partial charge in [-0.2, -0.15) is 0 Å². The van der Waals surface area contributed by atoms with Crippen molar-refractivity contribution >= 4 is 21.6 Å². The van der Waals surface area contributed by atoms with E-state index in [1.807, 2.05) is 24.3 Å². The van der Waals surface area contributed by atoms with Crippen molar-refractivity contribution in [1.82, 2.24) is 10.0 Å². The highest BCUT2D eigenvalue weighted by molar-refractivity contribution is 7.89. The van der Waals surface area contributed by atoms with Crippen LogP contribution in [0.2, 0.25) is 0 Å². The van der Waals surface area contributed by atoms with Crippen LogP contribution in [0, 0.1) is 11.7 Å². The maximum absolute atomic E-state index is 13.1. The van der Waals surface area contributed by atoms with Crippen molar-refractivity contribution < 1.29 is 17.6 Å². The van der Waals surface area contributed by atoms with Crippen molar-refractivity contribution in [2.75, 3.05) is 24.5 Å². The summed E-state index contributed by atoms with van der Waals surface area (Å²) >= 11 is 0. The van der Waals surface area contributed by atoms with Crippen LogP contribution in [-0.4, -0.2) is 40.0 Å². The lowest BCUT2D eigenvalue weighted by atomic mass is 10.0. The summed E-state index contributed by atoms with van der Waals surface area (Å²) in [6.45, 7) is 2.01. The molecule has 2 N–H and O–H groups in total. The molecule has 2 aromatic rings. The van der Waals surface area contributed by atoms with E-state index in [2.05, 4.69) is 14.9 Å². The van der Waals surface area contributed by atoms with E-state index < -0.39 is 15.8 Å². The van der Waals surface area contributed by atoms with E-state index in [0.29, 0.717) is 37.4 Å². The zero-order valence-electron chi connectivity index (χ0n) is 16.7. The fourth-order valence-electron chi connectivity index (χ4n) is 3.74. The van der Waals surface area contributed by atoms with Crippen LogP contribution in [0.3, 0.4) is 0 Å². The van der Waals surface area contributed by atoms with Crippen LogP contribution in [0.1, 0.15) is 36.0 Å². The van der Waals surface area contributed by atoms with Crippen LogP contribution in [0.4, 0.5) is 10.1 Å². The Morgan fingerprint density at radius 2 is 1.67 bits per heavy atom. The summed E-state index contributed by atoms with van der Waals surface area (Å²) in [5.74, 6) is 0.0877. The van der Waals surface area contributed by atoms with E-state index >= 15 is 0 Å². The maximum Gasteiger partial charge on any atom is 0.253 e. The third-order valence-electron chi connectivity index (χ3n) is 5.68. The normalized spacial score (nSPS) is 17.7. The van der Waals surface area contributed by atoms with Crippen LogP contribution in [0.15, 0.2) is 53.4 Å². The average Bonchev–Trinajstić information content (AvgIpc) is 3.57. The summed E-state index contributed by atoms with van der Waals surface area (Å²) in [6, 6.07) is 12.2. The molecule has 0 bridgehead atoms. The molecule has 1 amide bonds. The average molecular weight is 432 g/mol. The quantitative estimate of drug-likeness (QED) is 0.707. The molecule has 1 aliphatic heterocycles. The van der Waals surface area contributed by atoms with Gasteiger partial charge in [0.25, 0.3) is 5.91 Å². The molecule has 4 rings (SSSR count). The van der Waals surface area contributed by atoms with Gasteiger partial charge < -0.3 is 10.2 Å². The Bertz CT molecular complexity index is 999. The summed E-state index contributed by atoms with van der Waals surface area (Å²) < 4.78 is 40.9. The molecule has 1 heterocycles. The number of para-hydroxylation sites is 1. The number of carbonyl (C=O) groups excluding carboxylic acids is 1. The van der Waals surface area contributed by atoms with Gasteiger partial charge in [-0.25, -0.2) is 17.5 Å². The SMILES string of the molecule is O=C(NCC1CC1)c1ccccc1N1CCC(NS(=O)(=O)c2ccc(F)cc2)CC1. The second kappa shape index (κ2) is 8.73. The molecule has 2 fully saturated rings. The van der Waals surface area contributed by atoms with Gasteiger partial charge in [-0.15, -0.1) is 0 Å². The lowest BCUT2D eigenvalue weighted by molar-refractivity contribution is 0.0952. The maximum atomic E-state index is 13.1. The molecule has 30 heavy (non-hydrogen) atoms. The minimum Gasteiger partial charge on any atom is -0.371 e. The number of hydrogen-bond donors (Lipinski definition) is 2. The van der Waals surface area contributed by atoms with Gasteiger partial charge in [0.1, 0.15) is 5.82 Å². The molecular formula is C22H26FN3O3S. The Balaban J connectivity index is 1.37. The number of hydrogen-bond acceptors (Lipinski definition) is 4. The Morgan fingerprint density at radius 3 is 2.33 bits per heavy atom. The highest BCUT2D eigenvalue weighted by Crippen LogP contribution is 2.28. The Labute approximate surface area is 176 Å². The first-order chi connectivity index (χ1) is 14.4. The lowest BCUT2D eigenvalue weighted by Crippen LogP contribution is -2.45. The van der Waals surface area contributed by atoms with Gasteiger partial charge in [0.05, 0.1) is 10.5 Å². The fraction of sp³-hybridized carbons (Fsp3) is 0.409. The van der Waals surface area contributed by atoms with Crippen LogP contribution in [0.25, 0.3) is 0 Å². The number of nitrogens with zero attached hydrogens (tertiary/aromatic N) is 1. The number of sulfonamides is 1. The van der Waals surface area contributed by atoms with E-state index in [-0.39, 0.29) is 16.8 Å². The number of rotatable bonds is 7. The molecule has 160 valence electrons. The monoisotopic (exact) mass is 431 g/mol. The largest absolute Gasteiger partial charge is 0.371 e. The van der Waals surface area contributed by atoms with Gasteiger partial charge in [-0.3, -0.25) is 4.79 Å². The Morgan fingerprint density at radius 1 is 1.00 bits per heavy atom. The van der Waals surface area contributed by atoms with Gasteiger partial charge >= 0.3 is 0 Å². The summed E-state index contributed by atoms with van der Waals surface area (Å²) in [5.41, 5.74) is 1.54. The molecule has 1 saturated carbocycles. The number of carbonyl (C=O) groups is 1. The minimum atomic E-state index is -3.69. The van der Waals surface area contributed by atoms with Gasteiger partial charge in [-0.05, 0) is 68.0 Å². The number of amides is 1. The first kappa shape index (κ1) is 20.8. The summed E-state index contributed by atoms with van der Waals surface area (Å²) in [7, 11) is -3.69. The Hall–Kier alpha value is -2.45. The van der Waals surface area contributed by atoms with Crippen LogP contribution in [0.5, 0.6) is 0 Å². The number of benzene rings is 2. The standard InChI is InChI=1S/C22H26FN3O3S/c23-17-7-9-19(10-8-17)30(28,29)25-18-11-13-26(14-12-18)21-4-2-1-3-20(21)22(27)24-15-16-5-6-16/h1-4,7-10,16,18,25H,5-6,11-15H2,(H,24,27). The smallest absolute Gasteiger partial charge is 0.253 e. The fourth-order valence-corrected chi connectivity index (χ4v) is 5.04. The molecule has 0 spiro atoms. The minimum absolute atomic E-state index is 0.0587. The number of halogens is 1. The van der Waals surface area contributed by atoms with Crippen LogP contribution in [-0.2, 0) is 10.0 Å². The third-order valence-corrected chi connectivity index (χ3v) is 7.21. The van der Waals surface area contributed by atoms with Gasteiger partial charge in [0, 0.05) is 31.4 Å². The van der Waals surface area contributed by atoms with Crippen LogP contribution >= 0.6 is 0 Å². The summed E-state index contributed by atoms with van der Waals surface area (Å²) in [6.07, 6.45) is 3.61. The zero-order chi connectivity index (χ0) is 21.1. The van der Waals surface area contributed by atoms with Crippen molar-refractivity contribution in [3.8, 4) is 0 Å².